The molecule has 0 bridgehead atoms. The summed E-state index contributed by atoms with van der Waals surface area (Å²) in [5.74, 6) is 0.581. The first-order valence-corrected chi connectivity index (χ1v) is 8.67. The molecule has 0 amide bonds. The van der Waals surface area contributed by atoms with E-state index in [2.05, 4.69) is 40.3 Å². The standard InChI is InChI=1S/C22H21N3O/c1-26-22-21(20-14-16-9-5-6-10-19(16)25-20)17(11-12-24-22)18(23)13-15-7-3-2-4-8-15/h2-12,14,18,25H,13,23H2,1H3. The van der Waals surface area contributed by atoms with Crippen molar-refractivity contribution in [2.75, 3.05) is 7.11 Å². The predicted octanol–water partition coefficient (Wildman–Crippen LogP) is 4.48. The number of methoxy groups -OCH3 is 1. The molecule has 0 aliphatic heterocycles. The van der Waals surface area contributed by atoms with E-state index < -0.39 is 0 Å². The van der Waals surface area contributed by atoms with Gasteiger partial charge in [0.25, 0.3) is 0 Å². The first kappa shape index (κ1) is 16.4. The summed E-state index contributed by atoms with van der Waals surface area (Å²) in [5.41, 5.74) is 11.8. The first-order valence-electron chi connectivity index (χ1n) is 8.67. The number of pyridine rings is 1. The number of nitrogens with two attached hydrogens (primary N) is 1. The molecule has 0 aliphatic rings. The number of ether oxygens (including phenoxy) is 1. The van der Waals surface area contributed by atoms with Gasteiger partial charge in [0.05, 0.1) is 18.4 Å². The van der Waals surface area contributed by atoms with Gasteiger partial charge in [0.15, 0.2) is 0 Å². The molecule has 0 spiro atoms. The summed E-state index contributed by atoms with van der Waals surface area (Å²) in [6.07, 6.45) is 2.51. The maximum absolute atomic E-state index is 6.59. The molecule has 0 fully saturated rings. The molecular formula is C22H21N3O. The predicted molar refractivity (Wildman–Crippen MR) is 105 cm³/mol. The van der Waals surface area contributed by atoms with Crippen molar-refractivity contribution in [3.63, 3.8) is 0 Å². The molecule has 26 heavy (non-hydrogen) atoms. The average molecular weight is 343 g/mol. The van der Waals surface area contributed by atoms with Crippen molar-refractivity contribution in [2.45, 2.75) is 12.5 Å². The summed E-state index contributed by atoms with van der Waals surface area (Å²) < 4.78 is 5.55. The van der Waals surface area contributed by atoms with E-state index in [0.29, 0.717) is 5.88 Å². The summed E-state index contributed by atoms with van der Waals surface area (Å²) in [7, 11) is 1.64. The van der Waals surface area contributed by atoms with Crippen molar-refractivity contribution >= 4 is 10.9 Å². The number of nitrogens with zero attached hydrogens (tertiary/aromatic N) is 1. The average Bonchev–Trinajstić information content (AvgIpc) is 3.12. The molecule has 1 atom stereocenters. The van der Waals surface area contributed by atoms with Crippen LogP contribution < -0.4 is 10.5 Å². The Bertz CT molecular complexity index is 991. The Balaban J connectivity index is 1.80. The fourth-order valence-corrected chi connectivity index (χ4v) is 3.38. The lowest BCUT2D eigenvalue weighted by Gasteiger charge is -2.18. The van der Waals surface area contributed by atoms with Crippen LogP contribution in [0.25, 0.3) is 22.2 Å². The van der Waals surface area contributed by atoms with Crippen LogP contribution >= 0.6 is 0 Å². The molecule has 4 nitrogen and oxygen atoms in total. The monoisotopic (exact) mass is 343 g/mol. The van der Waals surface area contributed by atoms with E-state index in [1.807, 2.05) is 36.4 Å². The number of hydrogen-bond acceptors (Lipinski definition) is 3. The highest BCUT2D eigenvalue weighted by Gasteiger charge is 2.19. The maximum Gasteiger partial charge on any atom is 0.222 e. The number of para-hydroxylation sites is 1. The molecule has 0 aliphatic carbocycles. The zero-order chi connectivity index (χ0) is 17.9. The molecule has 3 N–H and O–H groups in total. The Kier molecular flexibility index (Phi) is 4.42. The third-order valence-corrected chi connectivity index (χ3v) is 4.64. The second-order valence-corrected chi connectivity index (χ2v) is 6.35. The van der Waals surface area contributed by atoms with Crippen LogP contribution in [0.5, 0.6) is 5.88 Å². The molecule has 2 aromatic carbocycles. The Hall–Kier alpha value is -3.11. The topological polar surface area (TPSA) is 63.9 Å². The van der Waals surface area contributed by atoms with Crippen LogP contribution in [0.1, 0.15) is 17.2 Å². The van der Waals surface area contributed by atoms with E-state index >= 15 is 0 Å². The number of nitrogens with one attached hydrogen (secondary N) is 1. The lowest BCUT2D eigenvalue weighted by Crippen LogP contribution is -2.15. The first-order chi connectivity index (χ1) is 12.8. The van der Waals surface area contributed by atoms with Crippen molar-refractivity contribution in [3.8, 4) is 17.1 Å². The molecule has 0 saturated heterocycles. The molecular weight excluding hydrogens is 322 g/mol. The van der Waals surface area contributed by atoms with E-state index in [-0.39, 0.29) is 6.04 Å². The van der Waals surface area contributed by atoms with E-state index in [0.717, 1.165) is 34.1 Å². The smallest absolute Gasteiger partial charge is 0.222 e. The molecule has 0 saturated carbocycles. The quantitative estimate of drug-likeness (QED) is 0.561. The van der Waals surface area contributed by atoms with Crippen molar-refractivity contribution in [1.82, 2.24) is 9.97 Å². The molecule has 0 radical (unpaired) electrons. The van der Waals surface area contributed by atoms with Crippen LogP contribution in [-0.4, -0.2) is 17.1 Å². The van der Waals surface area contributed by atoms with Crippen LogP contribution in [0.15, 0.2) is 72.9 Å². The Morgan fingerprint density at radius 2 is 1.81 bits per heavy atom. The number of fused-ring (bicyclic) bond motifs is 1. The van der Waals surface area contributed by atoms with E-state index in [4.69, 9.17) is 10.5 Å². The second kappa shape index (κ2) is 7.02. The van der Waals surface area contributed by atoms with Gasteiger partial charge in [-0.3, -0.25) is 0 Å². The normalized spacial score (nSPS) is 12.2. The third-order valence-electron chi connectivity index (χ3n) is 4.64. The summed E-state index contributed by atoms with van der Waals surface area (Å²) >= 11 is 0. The van der Waals surface area contributed by atoms with Gasteiger partial charge < -0.3 is 15.5 Å². The molecule has 4 aromatic rings. The number of rotatable bonds is 5. The zero-order valence-electron chi connectivity index (χ0n) is 14.6. The lowest BCUT2D eigenvalue weighted by atomic mass is 9.95. The van der Waals surface area contributed by atoms with Crippen molar-refractivity contribution in [1.29, 1.82) is 0 Å². The molecule has 2 aromatic heterocycles. The van der Waals surface area contributed by atoms with Crippen molar-refractivity contribution in [3.05, 3.63) is 84.1 Å². The van der Waals surface area contributed by atoms with Gasteiger partial charge in [0.1, 0.15) is 0 Å². The number of aromatic amines is 1. The number of benzene rings is 2. The van der Waals surface area contributed by atoms with Gasteiger partial charge in [-0.05, 0) is 35.7 Å². The largest absolute Gasteiger partial charge is 0.480 e. The zero-order valence-corrected chi connectivity index (χ0v) is 14.6. The van der Waals surface area contributed by atoms with E-state index in [1.54, 1.807) is 13.3 Å². The van der Waals surface area contributed by atoms with Crippen molar-refractivity contribution in [2.24, 2.45) is 5.73 Å². The van der Waals surface area contributed by atoms with Crippen LogP contribution in [-0.2, 0) is 6.42 Å². The van der Waals surface area contributed by atoms with Crippen LogP contribution in [0.3, 0.4) is 0 Å². The minimum atomic E-state index is -0.157. The summed E-state index contributed by atoms with van der Waals surface area (Å²) in [5, 5.41) is 1.15. The highest BCUT2D eigenvalue weighted by atomic mass is 16.5. The summed E-state index contributed by atoms with van der Waals surface area (Å²) in [6, 6.07) is 22.4. The molecule has 2 heterocycles. The SMILES string of the molecule is COc1nccc(C(N)Cc2ccccc2)c1-c1cc2ccccc2[nH]1. The number of hydrogen-bond donors (Lipinski definition) is 2. The van der Waals surface area contributed by atoms with Crippen LogP contribution in [0, 0.1) is 0 Å². The van der Waals surface area contributed by atoms with Gasteiger partial charge in [-0.1, -0.05) is 48.5 Å². The molecule has 130 valence electrons. The summed E-state index contributed by atoms with van der Waals surface area (Å²) in [4.78, 5) is 7.87. The van der Waals surface area contributed by atoms with Gasteiger partial charge in [-0.15, -0.1) is 0 Å². The van der Waals surface area contributed by atoms with Gasteiger partial charge in [0.2, 0.25) is 5.88 Å². The fourth-order valence-electron chi connectivity index (χ4n) is 3.38. The maximum atomic E-state index is 6.59. The third kappa shape index (κ3) is 3.07. The Morgan fingerprint density at radius 1 is 1.04 bits per heavy atom. The van der Waals surface area contributed by atoms with Gasteiger partial charge >= 0.3 is 0 Å². The van der Waals surface area contributed by atoms with Crippen LogP contribution in [0.2, 0.25) is 0 Å². The van der Waals surface area contributed by atoms with Gasteiger partial charge in [-0.2, -0.15) is 0 Å². The van der Waals surface area contributed by atoms with E-state index in [9.17, 15) is 0 Å². The molecule has 4 rings (SSSR count). The molecule has 1 unspecified atom stereocenters. The highest BCUT2D eigenvalue weighted by Crippen LogP contribution is 2.36. The van der Waals surface area contributed by atoms with Gasteiger partial charge in [-0.25, -0.2) is 4.98 Å². The van der Waals surface area contributed by atoms with Crippen molar-refractivity contribution < 1.29 is 4.74 Å². The number of aromatic nitrogens is 2. The van der Waals surface area contributed by atoms with E-state index in [1.165, 1.54) is 5.56 Å². The highest BCUT2D eigenvalue weighted by molar-refractivity contribution is 5.87. The lowest BCUT2D eigenvalue weighted by molar-refractivity contribution is 0.398. The Morgan fingerprint density at radius 3 is 2.58 bits per heavy atom. The molecule has 4 heteroatoms. The number of H-pyrrole nitrogens is 1. The second-order valence-electron chi connectivity index (χ2n) is 6.35. The Labute approximate surface area is 152 Å². The van der Waals surface area contributed by atoms with Crippen LogP contribution in [0.4, 0.5) is 0 Å². The summed E-state index contributed by atoms with van der Waals surface area (Å²) in [6.45, 7) is 0. The van der Waals surface area contributed by atoms with Gasteiger partial charge in [0, 0.05) is 23.1 Å². The minimum absolute atomic E-state index is 0.157. The fraction of sp³-hybridized carbons (Fsp3) is 0.136. The minimum Gasteiger partial charge on any atom is -0.480 e.